The Morgan fingerprint density at radius 3 is 2.72 bits per heavy atom. The van der Waals surface area contributed by atoms with Gasteiger partial charge in [0.2, 0.25) is 0 Å². The van der Waals surface area contributed by atoms with Crippen LogP contribution in [0.5, 0.6) is 5.75 Å². The lowest BCUT2D eigenvalue weighted by molar-refractivity contribution is -0.144. The second-order valence-corrected chi connectivity index (χ2v) is 8.01. The normalized spacial score (nSPS) is 31.1. The molecule has 1 aliphatic carbocycles. The summed E-state index contributed by atoms with van der Waals surface area (Å²) < 4.78 is 16.2. The van der Waals surface area contributed by atoms with Gasteiger partial charge in [-0.15, -0.1) is 0 Å². The first-order chi connectivity index (χ1) is 14.1. The Kier molecular flexibility index (Phi) is 6.32. The van der Waals surface area contributed by atoms with E-state index in [9.17, 15) is 9.59 Å². The SMILES string of the molecule is COC(=O)C1NNC2CCC(NC(=O)c3ccc(OCC4CCCO4)cc3)CC21. The molecule has 2 heterocycles. The molecule has 1 aromatic rings. The maximum absolute atomic E-state index is 12.7. The first-order valence-electron chi connectivity index (χ1n) is 10.4. The molecular weight excluding hydrogens is 374 g/mol. The number of amides is 1. The molecule has 0 spiro atoms. The zero-order valence-corrected chi connectivity index (χ0v) is 16.7. The second kappa shape index (κ2) is 9.11. The van der Waals surface area contributed by atoms with E-state index in [0.29, 0.717) is 12.2 Å². The number of fused-ring (bicyclic) bond motifs is 1. The average molecular weight is 403 g/mol. The van der Waals surface area contributed by atoms with Crippen LogP contribution in [0.15, 0.2) is 24.3 Å². The van der Waals surface area contributed by atoms with Crippen molar-refractivity contribution in [2.75, 3.05) is 20.3 Å². The van der Waals surface area contributed by atoms with E-state index in [-0.39, 0.29) is 42.0 Å². The molecule has 8 heteroatoms. The lowest BCUT2D eigenvalue weighted by Crippen LogP contribution is -2.46. The van der Waals surface area contributed by atoms with Gasteiger partial charge in [-0.2, -0.15) is 0 Å². The number of hydrogen-bond donors (Lipinski definition) is 3. The zero-order valence-electron chi connectivity index (χ0n) is 16.7. The van der Waals surface area contributed by atoms with Crippen LogP contribution in [0.25, 0.3) is 0 Å². The van der Waals surface area contributed by atoms with Crippen molar-refractivity contribution in [2.24, 2.45) is 5.92 Å². The van der Waals surface area contributed by atoms with Crippen LogP contribution in [0, 0.1) is 5.92 Å². The Balaban J connectivity index is 1.29. The number of rotatable bonds is 6. The fourth-order valence-electron chi connectivity index (χ4n) is 4.48. The zero-order chi connectivity index (χ0) is 20.2. The van der Waals surface area contributed by atoms with Crippen molar-refractivity contribution in [3.8, 4) is 5.75 Å². The van der Waals surface area contributed by atoms with Crippen LogP contribution in [-0.2, 0) is 14.3 Å². The molecule has 3 N–H and O–H groups in total. The third kappa shape index (κ3) is 4.71. The van der Waals surface area contributed by atoms with Gasteiger partial charge in [-0.25, -0.2) is 5.43 Å². The highest BCUT2D eigenvalue weighted by Crippen LogP contribution is 2.31. The summed E-state index contributed by atoms with van der Waals surface area (Å²) in [5.74, 6) is 0.472. The first kappa shape index (κ1) is 20.1. The van der Waals surface area contributed by atoms with Crippen molar-refractivity contribution in [3.63, 3.8) is 0 Å². The van der Waals surface area contributed by atoms with Crippen LogP contribution >= 0.6 is 0 Å². The largest absolute Gasteiger partial charge is 0.491 e. The summed E-state index contributed by atoms with van der Waals surface area (Å²) in [6.07, 6.45) is 4.79. The number of ether oxygens (including phenoxy) is 3. The van der Waals surface area contributed by atoms with E-state index in [1.807, 2.05) is 12.1 Å². The molecule has 29 heavy (non-hydrogen) atoms. The maximum Gasteiger partial charge on any atom is 0.324 e. The van der Waals surface area contributed by atoms with Gasteiger partial charge in [0.05, 0.1) is 13.2 Å². The maximum atomic E-state index is 12.7. The third-order valence-corrected chi connectivity index (χ3v) is 6.12. The summed E-state index contributed by atoms with van der Waals surface area (Å²) in [6.45, 7) is 1.35. The minimum absolute atomic E-state index is 0.0352. The van der Waals surface area contributed by atoms with Gasteiger partial charge in [0.1, 0.15) is 18.4 Å². The van der Waals surface area contributed by atoms with E-state index < -0.39 is 0 Å². The number of esters is 1. The fraction of sp³-hybridized carbons (Fsp3) is 0.619. The van der Waals surface area contributed by atoms with Crippen LogP contribution < -0.4 is 20.9 Å². The molecule has 0 radical (unpaired) electrons. The highest BCUT2D eigenvalue weighted by molar-refractivity contribution is 5.94. The second-order valence-electron chi connectivity index (χ2n) is 8.01. The number of carbonyl (C=O) groups is 2. The van der Waals surface area contributed by atoms with Gasteiger partial charge in [-0.1, -0.05) is 0 Å². The van der Waals surface area contributed by atoms with E-state index in [4.69, 9.17) is 14.2 Å². The molecule has 3 fully saturated rings. The molecule has 5 unspecified atom stereocenters. The summed E-state index contributed by atoms with van der Waals surface area (Å²) in [5, 5.41) is 3.11. The number of carbonyl (C=O) groups excluding carboxylic acids is 2. The van der Waals surface area contributed by atoms with Gasteiger partial charge in [-0.3, -0.25) is 15.0 Å². The lowest BCUT2D eigenvalue weighted by atomic mass is 9.79. The molecule has 158 valence electrons. The lowest BCUT2D eigenvalue weighted by Gasteiger charge is -2.32. The predicted octanol–water partition coefficient (Wildman–Crippen LogP) is 1.16. The molecule has 1 amide bonds. The number of nitrogens with one attached hydrogen (secondary N) is 3. The predicted molar refractivity (Wildman–Crippen MR) is 105 cm³/mol. The van der Waals surface area contributed by atoms with Crippen LogP contribution in [-0.4, -0.2) is 56.4 Å². The molecule has 4 rings (SSSR count). The van der Waals surface area contributed by atoms with E-state index in [1.165, 1.54) is 7.11 Å². The van der Waals surface area contributed by atoms with Crippen LogP contribution in [0.4, 0.5) is 0 Å². The monoisotopic (exact) mass is 403 g/mol. The summed E-state index contributed by atoms with van der Waals surface area (Å²) in [5.41, 5.74) is 6.82. The Morgan fingerprint density at radius 1 is 1.17 bits per heavy atom. The molecule has 0 aromatic heterocycles. The number of hydrazine groups is 1. The Morgan fingerprint density at radius 2 is 2.00 bits per heavy atom. The van der Waals surface area contributed by atoms with E-state index in [2.05, 4.69) is 16.2 Å². The summed E-state index contributed by atoms with van der Waals surface area (Å²) in [4.78, 5) is 24.6. The molecule has 2 aliphatic heterocycles. The van der Waals surface area contributed by atoms with Gasteiger partial charge < -0.3 is 19.5 Å². The Hall–Kier alpha value is -2.16. The molecule has 0 bridgehead atoms. The molecule has 2 saturated heterocycles. The van der Waals surface area contributed by atoms with Crippen molar-refractivity contribution < 1.29 is 23.8 Å². The quantitative estimate of drug-likeness (QED) is 0.613. The van der Waals surface area contributed by atoms with E-state index in [0.717, 1.165) is 44.5 Å². The van der Waals surface area contributed by atoms with Crippen LogP contribution in [0.3, 0.4) is 0 Å². The minimum atomic E-state index is -0.370. The number of methoxy groups -OCH3 is 1. The number of hydrogen-bond acceptors (Lipinski definition) is 7. The molecule has 8 nitrogen and oxygen atoms in total. The minimum Gasteiger partial charge on any atom is -0.491 e. The molecule has 1 saturated carbocycles. The summed E-state index contributed by atoms with van der Waals surface area (Å²) in [6, 6.07) is 7.09. The van der Waals surface area contributed by atoms with Crippen molar-refractivity contribution >= 4 is 11.9 Å². The highest BCUT2D eigenvalue weighted by Gasteiger charge is 2.44. The van der Waals surface area contributed by atoms with Gasteiger partial charge >= 0.3 is 5.97 Å². The summed E-state index contributed by atoms with van der Waals surface area (Å²) >= 11 is 0. The molecule has 1 aromatic carbocycles. The Labute approximate surface area is 170 Å². The smallest absolute Gasteiger partial charge is 0.324 e. The van der Waals surface area contributed by atoms with Crippen LogP contribution in [0.2, 0.25) is 0 Å². The van der Waals surface area contributed by atoms with Gasteiger partial charge in [-0.05, 0) is 56.4 Å². The third-order valence-electron chi connectivity index (χ3n) is 6.12. The van der Waals surface area contributed by atoms with Crippen LogP contribution in [0.1, 0.15) is 42.5 Å². The fourth-order valence-corrected chi connectivity index (χ4v) is 4.48. The molecular formula is C21H29N3O5. The number of benzene rings is 1. The molecule has 3 aliphatic rings. The summed E-state index contributed by atoms with van der Waals surface area (Å²) in [7, 11) is 1.40. The van der Waals surface area contributed by atoms with Crippen molar-refractivity contribution in [3.05, 3.63) is 29.8 Å². The van der Waals surface area contributed by atoms with Crippen molar-refractivity contribution in [1.82, 2.24) is 16.2 Å². The first-order valence-corrected chi connectivity index (χ1v) is 10.4. The Bertz CT molecular complexity index is 720. The average Bonchev–Trinajstić information content (AvgIpc) is 3.41. The van der Waals surface area contributed by atoms with Crippen molar-refractivity contribution in [1.29, 1.82) is 0 Å². The van der Waals surface area contributed by atoms with Crippen molar-refractivity contribution in [2.45, 2.75) is 56.3 Å². The topological polar surface area (TPSA) is 97.9 Å². The van der Waals surface area contributed by atoms with E-state index in [1.54, 1.807) is 12.1 Å². The van der Waals surface area contributed by atoms with Gasteiger partial charge in [0.15, 0.2) is 0 Å². The van der Waals surface area contributed by atoms with Gasteiger partial charge in [0, 0.05) is 30.2 Å². The standard InChI is InChI=1S/C21H29N3O5/c1-27-21(26)19-17-11-14(6-9-18(17)23-24-19)22-20(25)13-4-7-15(8-5-13)29-12-16-3-2-10-28-16/h4-5,7-8,14,16-19,23-24H,2-3,6,9-12H2,1H3,(H,22,25). The van der Waals surface area contributed by atoms with Gasteiger partial charge in [0.25, 0.3) is 5.91 Å². The highest BCUT2D eigenvalue weighted by atomic mass is 16.5. The van der Waals surface area contributed by atoms with E-state index >= 15 is 0 Å². The molecule has 5 atom stereocenters.